The van der Waals surface area contributed by atoms with E-state index in [-0.39, 0.29) is 18.1 Å². The smallest absolute Gasteiger partial charge is 0.329 e. The average molecular weight is 633 g/mol. The van der Waals surface area contributed by atoms with Gasteiger partial charge in [-0.15, -0.1) is 0 Å². The number of carbonyl (C=O) groups excluding carboxylic acids is 2. The van der Waals surface area contributed by atoms with Gasteiger partial charge >= 0.3 is 6.03 Å². The summed E-state index contributed by atoms with van der Waals surface area (Å²) in [7, 11) is 0. The number of hydrogen-bond donors (Lipinski definition) is 1. The highest BCUT2D eigenvalue weighted by molar-refractivity contribution is 14.1. The second-order valence-corrected chi connectivity index (χ2v) is 9.72. The first-order valence-corrected chi connectivity index (χ1v) is 12.5. The molecule has 1 N–H and O–H groups in total. The lowest BCUT2D eigenvalue weighted by molar-refractivity contribution is -0.123. The summed E-state index contributed by atoms with van der Waals surface area (Å²) in [5, 5.41) is 2.67. The predicted molar refractivity (Wildman–Crippen MR) is 142 cm³/mol. The lowest BCUT2D eigenvalue weighted by Crippen LogP contribution is -2.30. The van der Waals surface area contributed by atoms with Crippen molar-refractivity contribution in [1.82, 2.24) is 10.2 Å². The summed E-state index contributed by atoms with van der Waals surface area (Å²) in [6.45, 7) is 2.98. The number of urea groups is 1. The van der Waals surface area contributed by atoms with E-state index in [0.717, 1.165) is 24.7 Å². The molecule has 1 fully saturated rings. The highest BCUT2D eigenvalue weighted by atomic mass is 127. The van der Waals surface area contributed by atoms with Crippen molar-refractivity contribution in [3.05, 3.63) is 97.2 Å². The topological polar surface area (TPSA) is 67.9 Å². The molecule has 6 nitrogen and oxygen atoms in total. The summed E-state index contributed by atoms with van der Waals surface area (Å²) in [6, 6.07) is 20.6. The number of hydrogen-bond acceptors (Lipinski definition) is 4. The number of nitrogens with zero attached hydrogens (tertiary/aromatic N) is 1. The Morgan fingerprint density at radius 1 is 0.941 bits per heavy atom. The predicted octanol–water partition coefficient (Wildman–Crippen LogP) is 6.12. The molecule has 3 amide bonds. The Labute approximate surface area is 220 Å². The van der Waals surface area contributed by atoms with Gasteiger partial charge in [-0.25, -0.2) is 4.79 Å². The van der Waals surface area contributed by atoms with Crippen molar-refractivity contribution in [2.75, 3.05) is 6.61 Å². The van der Waals surface area contributed by atoms with E-state index in [9.17, 15) is 9.59 Å². The van der Waals surface area contributed by atoms with Gasteiger partial charge in [-0.05, 0) is 88.7 Å². The average Bonchev–Trinajstić information content (AvgIpc) is 3.08. The van der Waals surface area contributed by atoms with E-state index in [2.05, 4.69) is 43.8 Å². The fourth-order valence-electron chi connectivity index (χ4n) is 3.40. The third-order valence-corrected chi connectivity index (χ3v) is 6.35. The summed E-state index contributed by atoms with van der Waals surface area (Å²) in [6.07, 6.45) is 1.65. The molecule has 4 rings (SSSR count). The van der Waals surface area contributed by atoms with Crippen molar-refractivity contribution >= 4 is 56.5 Å². The van der Waals surface area contributed by atoms with Gasteiger partial charge in [0.05, 0.1) is 13.2 Å². The second kappa shape index (κ2) is 11.1. The molecule has 0 aliphatic carbocycles. The molecule has 1 aliphatic heterocycles. The molecule has 0 saturated carbocycles. The lowest BCUT2D eigenvalue weighted by Gasteiger charge is -2.13. The van der Waals surface area contributed by atoms with E-state index in [1.807, 2.05) is 67.6 Å². The molecule has 1 heterocycles. The molecule has 3 aromatic rings. The number of imide groups is 1. The van der Waals surface area contributed by atoms with Gasteiger partial charge in [-0.1, -0.05) is 46.3 Å². The Kier molecular flexibility index (Phi) is 7.89. The van der Waals surface area contributed by atoms with E-state index in [0.29, 0.717) is 24.7 Å². The molecule has 0 atom stereocenters. The molecule has 34 heavy (non-hydrogen) atoms. The van der Waals surface area contributed by atoms with Gasteiger partial charge in [0.15, 0.2) is 11.5 Å². The Morgan fingerprint density at radius 3 is 2.35 bits per heavy atom. The van der Waals surface area contributed by atoms with Gasteiger partial charge in [-0.3, -0.25) is 9.69 Å². The van der Waals surface area contributed by atoms with Crippen LogP contribution in [0.3, 0.4) is 0 Å². The van der Waals surface area contributed by atoms with E-state index >= 15 is 0 Å². The largest absolute Gasteiger partial charge is 0.490 e. The Balaban J connectivity index is 1.49. The molecule has 174 valence electrons. The molecule has 0 radical (unpaired) electrons. The molecule has 8 heteroatoms. The number of benzene rings is 3. The standard InChI is InChI=1S/C26H22BrIN2O4/c1-2-33-24-14-19(7-12-23(24)34-16-18-5-10-21(28)11-6-18)13-22-25(31)30(26(32)29-22)15-17-3-8-20(27)9-4-17/h3-14H,2,15-16H2,1H3,(H,29,32)/b22-13+. The SMILES string of the molecule is CCOc1cc(/C=C2/NC(=O)N(Cc3ccc(Br)cc3)C2=O)ccc1OCc1ccc(I)cc1. The number of carbonyl (C=O) groups is 2. The van der Waals surface area contributed by atoms with Gasteiger partial charge < -0.3 is 14.8 Å². The van der Waals surface area contributed by atoms with Crippen LogP contribution in [0.15, 0.2) is 76.9 Å². The van der Waals surface area contributed by atoms with Gasteiger partial charge in [0.2, 0.25) is 0 Å². The highest BCUT2D eigenvalue weighted by Crippen LogP contribution is 2.30. The van der Waals surface area contributed by atoms with E-state index < -0.39 is 6.03 Å². The van der Waals surface area contributed by atoms with Crippen molar-refractivity contribution in [2.45, 2.75) is 20.1 Å². The second-order valence-electron chi connectivity index (χ2n) is 7.56. The number of rotatable bonds is 8. The van der Waals surface area contributed by atoms with Crippen LogP contribution >= 0.6 is 38.5 Å². The van der Waals surface area contributed by atoms with Crippen LogP contribution in [0.5, 0.6) is 11.5 Å². The van der Waals surface area contributed by atoms with E-state index in [1.54, 1.807) is 12.1 Å². The zero-order valence-corrected chi connectivity index (χ0v) is 22.1. The molecule has 1 saturated heterocycles. The molecule has 0 aromatic heterocycles. The maximum atomic E-state index is 12.9. The van der Waals surface area contributed by atoms with E-state index in [4.69, 9.17) is 9.47 Å². The van der Waals surface area contributed by atoms with Gasteiger partial charge in [0, 0.05) is 8.04 Å². The number of halogens is 2. The Morgan fingerprint density at radius 2 is 1.65 bits per heavy atom. The van der Waals surface area contributed by atoms with Gasteiger partial charge in [0.1, 0.15) is 12.3 Å². The summed E-state index contributed by atoms with van der Waals surface area (Å²) in [5.74, 6) is 0.817. The highest BCUT2D eigenvalue weighted by Gasteiger charge is 2.33. The minimum Gasteiger partial charge on any atom is -0.490 e. The molecule has 0 unspecified atom stereocenters. The number of nitrogens with one attached hydrogen (secondary N) is 1. The normalized spacial score (nSPS) is 14.4. The Bertz CT molecular complexity index is 1230. The maximum absolute atomic E-state index is 12.9. The van der Waals surface area contributed by atoms with Crippen molar-refractivity contribution in [2.24, 2.45) is 0 Å². The van der Waals surface area contributed by atoms with Crippen LogP contribution in [0, 0.1) is 3.57 Å². The molecule has 1 aliphatic rings. The maximum Gasteiger partial charge on any atom is 0.329 e. The third-order valence-electron chi connectivity index (χ3n) is 5.10. The first-order chi connectivity index (χ1) is 16.4. The fourth-order valence-corrected chi connectivity index (χ4v) is 4.02. The van der Waals surface area contributed by atoms with Crippen LogP contribution in [-0.4, -0.2) is 23.4 Å². The van der Waals surface area contributed by atoms with E-state index in [1.165, 1.54) is 4.90 Å². The van der Waals surface area contributed by atoms with Crippen molar-refractivity contribution in [1.29, 1.82) is 0 Å². The van der Waals surface area contributed by atoms with Crippen molar-refractivity contribution in [3.8, 4) is 11.5 Å². The first-order valence-electron chi connectivity index (χ1n) is 10.7. The number of amides is 3. The zero-order chi connectivity index (χ0) is 24.1. The van der Waals surface area contributed by atoms with Crippen LogP contribution in [0.4, 0.5) is 4.79 Å². The first kappa shape index (κ1) is 24.3. The van der Waals surface area contributed by atoms with Crippen LogP contribution in [-0.2, 0) is 17.9 Å². The summed E-state index contributed by atoms with van der Waals surface area (Å²) >= 11 is 5.65. The molecule has 0 bridgehead atoms. The minimum absolute atomic E-state index is 0.199. The lowest BCUT2D eigenvalue weighted by atomic mass is 10.1. The van der Waals surface area contributed by atoms with Gasteiger partial charge in [-0.2, -0.15) is 0 Å². The van der Waals surface area contributed by atoms with Crippen LogP contribution < -0.4 is 14.8 Å². The molecule has 0 spiro atoms. The van der Waals surface area contributed by atoms with Crippen LogP contribution in [0.2, 0.25) is 0 Å². The molecular formula is C26H22BrIN2O4. The molecule has 3 aromatic carbocycles. The van der Waals surface area contributed by atoms with Crippen molar-refractivity contribution < 1.29 is 19.1 Å². The van der Waals surface area contributed by atoms with Gasteiger partial charge in [0.25, 0.3) is 5.91 Å². The quantitative estimate of drug-likeness (QED) is 0.185. The van der Waals surface area contributed by atoms with Crippen LogP contribution in [0.25, 0.3) is 6.08 Å². The monoisotopic (exact) mass is 632 g/mol. The number of ether oxygens (including phenoxy) is 2. The Hall–Kier alpha value is -2.85. The summed E-state index contributed by atoms with van der Waals surface area (Å²) in [4.78, 5) is 26.5. The third kappa shape index (κ3) is 5.98. The zero-order valence-electron chi connectivity index (χ0n) is 18.4. The fraction of sp³-hybridized carbons (Fsp3) is 0.154. The van der Waals surface area contributed by atoms with Crippen molar-refractivity contribution in [3.63, 3.8) is 0 Å². The summed E-state index contributed by atoms with van der Waals surface area (Å²) < 4.78 is 13.8. The van der Waals surface area contributed by atoms with Crippen LogP contribution in [0.1, 0.15) is 23.6 Å². The summed E-state index contributed by atoms with van der Waals surface area (Å²) in [5.41, 5.74) is 2.86. The molecular weight excluding hydrogens is 611 g/mol. The minimum atomic E-state index is -0.443.